The van der Waals surface area contributed by atoms with Gasteiger partial charge in [0.25, 0.3) is 0 Å². The minimum Gasteiger partial charge on any atom is -0.0917 e. The minimum atomic E-state index is 0.125. The highest BCUT2D eigenvalue weighted by Gasteiger charge is 2.14. The zero-order chi connectivity index (χ0) is 12.0. The van der Waals surface area contributed by atoms with Gasteiger partial charge in [-0.2, -0.15) is 0 Å². The van der Waals surface area contributed by atoms with Crippen molar-refractivity contribution < 1.29 is 0 Å². The van der Waals surface area contributed by atoms with E-state index in [9.17, 15) is 0 Å². The second-order valence-electron chi connectivity index (χ2n) is 5.43. The summed E-state index contributed by atoms with van der Waals surface area (Å²) in [4.78, 5) is 0. The van der Waals surface area contributed by atoms with E-state index in [1.807, 2.05) is 18.2 Å². The maximum atomic E-state index is 3.38. The molecule has 16 heavy (non-hydrogen) atoms. The highest BCUT2D eigenvalue weighted by Crippen LogP contribution is 2.23. The van der Waals surface area contributed by atoms with E-state index < -0.39 is 0 Å². The fourth-order valence-corrected chi connectivity index (χ4v) is 1.47. The normalized spacial score (nSPS) is 11.1. The molecule has 0 atom stereocenters. The Morgan fingerprint density at radius 2 is 1.75 bits per heavy atom. The van der Waals surface area contributed by atoms with Crippen LogP contribution in [-0.2, 0) is 0 Å². The van der Waals surface area contributed by atoms with Crippen molar-refractivity contribution in [3.05, 3.63) is 35.9 Å². The van der Waals surface area contributed by atoms with Crippen molar-refractivity contribution in [2.75, 3.05) is 0 Å². The molecule has 0 aromatic heterocycles. The summed E-state index contributed by atoms with van der Waals surface area (Å²) in [5.41, 5.74) is 1.24. The van der Waals surface area contributed by atoms with Gasteiger partial charge in [0.2, 0.25) is 0 Å². The van der Waals surface area contributed by atoms with Gasteiger partial charge in [0.1, 0.15) is 0 Å². The van der Waals surface area contributed by atoms with Gasteiger partial charge in [-0.15, -0.1) is 0 Å². The molecule has 0 aliphatic rings. The van der Waals surface area contributed by atoms with Crippen molar-refractivity contribution in [3.63, 3.8) is 0 Å². The number of hydrogen-bond donors (Lipinski definition) is 0. The van der Waals surface area contributed by atoms with Crippen LogP contribution in [0.25, 0.3) is 0 Å². The van der Waals surface area contributed by atoms with E-state index in [1.165, 1.54) is 12.8 Å². The predicted octanol–water partition coefficient (Wildman–Crippen LogP) is 4.50. The van der Waals surface area contributed by atoms with Gasteiger partial charge in [0, 0.05) is 11.0 Å². The van der Waals surface area contributed by atoms with Crippen LogP contribution in [0.5, 0.6) is 0 Å². The Bertz CT molecular complexity index is 360. The molecule has 0 heterocycles. The van der Waals surface area contributed by atoms with Crippen LogP contribution >= 0.6 is 0 Å². The second-order valence-corrected chi connectivity index (χ2v) is 5.43. The van der Waals surface area contributed by atoms with Gasteiger partial charge in [0.05, 0.1) is 0 Å². The van der Waals surface area contributed by atoms with Crippen molar-refractivity contribution in [1.82, 2.24) is 0 Å². The summed E-state index contributed by atoms with van der Waals surface area (Å²) in [5, 5.41) is 0. The van der Waals surface area contributed by atoms with E-state index in [0.717, 1.165) is 11.5 Å². The van der Waals surface area contributed by atoms with Crippen LogP contribution in [0.3, 0.4) is 0 Å². The molecule has 1 aromatic rings. The highest BCUT2D eigenvalue weighted by molar-refractivity contribution is 5.34. The first-order valence-corrected chi connectivity index (χ1v) is 6.08. The van der Waals surface area contributed by atoms with E-state index in [4.69, 9.17) is 0 Å². The van der Waals surface area contributed by atoms with Crippen LogP contribution in [0, 0.1) is 23.2 Å². The maximum Gasteiger partial charge on any atom is 0.0262 e. The first-order valence-electron chi connectivity index (χ1n) is 6.08. The molecule has 1 aromatic carbocycles. The van der Waals surface area contributed by atoms with Crippen LogP contribution in [0.15, 0.2) is 30.3 Å². The topological polar surface area (TPSA) is 0 Å². The number of hydrogen-bond acceptors (Lipinski definition) is 0. The fraction of sp³-hybridized carbons (Fsp3) is 0.500. The van der Waals surface area contributed by atoms with Gasteiger partial charge in [0.15, 0.2) is 0 Å². The third-order valence-electron chi connectivity index (χ3n) is 2.67. The molecule has 0 aliphatic carbocycles. The van der Waals surface area contributed by atoms with E-state index in [-0.39, 0.29) is 5.41 Å². The van der Waals surface area contributed by atoms with Gasteiger partial charge < -0.3 is 0 Å². The van der Waals surface area contributed by atoms with Crippen LogP contribution in [-0.4, -0.2) is 0 Å². The first kappa shape index (κ1) is 12.8. The lowest BCUT2D eigenvalue weighted by molar-refractivity contribution is 0.398. The lowest BCUT2D eigenvalue weighted by Crippen LogP contribution is -2.09. The summed E-state index contributed by atoms with van der Waals surface area (Å²) in [7, 11) is 0. The van der Waals surface area contributed by atoms with Gasteiger partial charge in [-0.1, -0.05) is 43.9 Å². The zero-order valence-electron chi connectivity index (χ0n) is 10.9. The molecule has 0 amide bonds. The van der Waals surface area contributed by atoms with Crippen molar-refractivity contribution >= 4 is 0 Å². The molecule has 86 valence electrons. The predicted molar refractivity (Wildman–Crippen MR) is 71.2 cm³/mol. The average Bonchev–Trinajstić information content (AvgIpc) is 2.26. The SMILES string of the molecule is CC(C)CCC(C)(C)C#Cc1ccccc1. The molecule has 0 saturated carbocycles. The second kappa shape index (κ2) is 5.75. The standard InChI is InChI=1S/C16H22/c1-14(2)10-12-16(3,4)13-11-15-8-6-5-7-9-15/h5-9,14H,10,12H2,1-4H3. The van der Waals surface area contributed by atoms with Crippen molar-refractivity contribution in [2.24, 2.45) is 11.3 Å². The van der Waals surface area contributed by atoms with Gasteiger partial charge in [-0.05, 0) is 44.7 Å². The third kappa shape index (κ3) is 5.03. The highest BCUT2D eigenvalue weighted by atomic mass is 14.2. The smallest absolute Gasteiger partial charge is 0.0262 e. The monoisotopic (exact) mass is 214 g/mol. The Morgan fingerprint density at radius 3 is 2.31 bits per heavy atom. The summed E-state index contributed by atoms with van der Waals surface area (Å²) < 4.78 is 0. The average molecular weight is 214 g/mol. The summed E-state index contributed by atoms with van der Waals surface area (Å²) in [6.07, 6.45) is 2.42. The molecular formula is C16H22. The molecule has 0 spiro atoms. The summed E-state index contributed by atoms with van der Waals surface area (Å²) in [6.45, 7) is 8.98. The minimum absolute atomic E-state index is 0.125. The lowest BCUT2D eigenvalue weighted by atomic mass is 9.86. The quantitative estimate of drug-likeness (QED) is 0.650. The first-order chi connectivity index (χ1) is 7.49. The molecule has 1 rings (SSSR count). The van der Waals surface area contributed by atoms with Crippen LogP contribution < -0.4 is 0 Å². The van der Waals surface area contributed by atoms with E-state index in [0.29, 0.717) is 0 Å². The van der Waals surface area contributed by atoms with Crippen LogP contribution in [0.2, 0.25) is 0 Å². The molecule has 0 radical (unpaired) electrons. The zero-order valence-corrected chi connectivity index (χ0v) is 10.9. The van der Waals surface area contributed by atoms with Gasteiger partial charge in [-0.3, -0.25) is 0 Å². The number of benzene rings is 1. The van der Waals surface area contributed by atoms with Gasteiger partial charge in [-0.25, -0.2) is 0 Å². The maximum absolute atomic E-state index is 3.38. The third-order valence-corrected chi connectivity index (χ3v) is 2.67. The molecule has 0 fully saturated rings. The summed E-state index contributed by atoms with van der Waals surface area (Å²) >= 11 is 0. The fourth-order valence-electron chi connectivity index (χ4n) is 1.47. The van der Waals surface area contributed by atoms with Crippen molar-refractivity contribution in [2.45, 2.75) is 40.5 Å². The molecule has 0 bridgehead atoms. The van der Waals surface area contributed by atoms with E-state index in [2.05, 4.69) is 51.7 Å². The molecule has 0 saturated heterocycles. The lowest BCUT2D eigenvalue weighted by Gasteiger charge is -2.18. The molecule has 0 N–H and O–H groups in total. The van der Waals surface area contributed by atoms with Crippen molar-refractivity contribution in [3.8, 4) is 11.8 Å². The number of rotatable bonds is 3. The molecule has 0 heteroatoms. The Labute approximate surface area is 100 Å². The molecular weight excluding hydrogens is 192 g/mol. The van der Waals surface area contributed by atoms with Gasteiger partial charge >= 0.3 is 0 Å². The van der Waals surface area contributed by atoms with Crippen molar-refractivity contribution in [1.29, 1.82) is 0 Å². The Hall–Kier alpha value is -1.22. The molecule has 0 nitrogen and oxygen atoms in total. The molecule has 0 aliphatic heterocycles. The Kier molecular flexibility index (Phi) is 4.62. The summed E-state index contributed by atoms with van der Waals surface area (Å²) in [6, 6.07) is 10.2. The van der Waals surface area contributed by atoms with Crippen LogP contribution in [0.4, 0.5) is 0 Å². The van der Waals surface area contributed by atoms with Crippen LogP contribution in [0.1, 0.15) is 46.1 Å². The Morgan fingerprint density at radius 1 is 1.12 bits per heavy atom. The van der Waals surface area contributed by atoms with E-state index in [1.54, 1.807) is 0 Å². The molecule has 0 unspecified atom stereocenters. The largest absolute Gasteiger partial charge is 0.0917 e. The summed E-state index contributed by atoms with van der Waals surface area (Å²) in [5.74, 6) is 7.40. The van der Waals surface area contributed by atoms with E-state index >= 15 is 0 Å². The Balaban J connectivity index is 2.62.